The summed E-state index contributed by atoms with van der Waals surface area (Å²) in [6.45, 7) is 12.3. The van der Waals surface area contributed by atoms with Gasteiger partial charge in [0, 0.05) is 48.6 Å². The molecule has 0 saturated carbocycles. The minimum Gasteiger partial charge on any atom is -0.481 e. The van der Waals surface area contributed by atoms with Gasteiger partial charge in [-0.25, -0.2) is 19.7 Å². The number of likely N-dealkylation sites (N-methyl/N-ethyl adjacent to an activating group) is 1. The number of pyridine rings is 1. The molecule has 226 valence electrons. The number of nitrogens with zero attached hydrogens (tertiary/aromatic N) is 6. The number of nitrogens with one attached hydrogen (secondary N) is 1. The zero-order valence-electron chi connectivity index (χ0n) is 25.1. The van der Waals surface area contributed by atoms with Gasteiger partial charge < -0.3 is 29.3 Å². The molecule has 12 nitrogen and oxygen atoms in total. The predicted molar refractivity (Wildman–Crippen MR) is 162 cm³/mol. The lowest BCUT2D eigenvalue weighted by atomic mass is 9.91. The maximum atomic E-state index is 13.0. The third kappa shape index (κ3) is 5.66. The van der Waals surface area contributed by atoms with Crippen molar-refractivity contribution in [2.24, 2.45) is 0 Å². The Hall–Kier alpha value is -4.45. The van der Waals surface area contributed by atoms with E-state index in [1.165, 1.54) is 0 Å². The first-order chi connectivity index (χ1) is 20.8. The number of benzene rings is 1. The largest absolute Gasteiger partial charge is 0.481 e. The molecule has 3 aliphatic heterocycles. The summed E-state index contributed by atoms with van der Waals surface area (Å²) in [7, 11) is 0. The van der Waals surface area contributed by atoms with E-state index < -0.39 is 11.7 Å². The SMILES string of the molecule is CCN(CC)CCOC(=O)N1CCOc2ncc(Nc3ncc4c(n3)C(C)(C)Oc3cc(N5CCCC5=O)ccc3-4)cc21. The molecule has 2 amide bonds. The Labute approximate surface area is 251 Å². The molecule has 1 saturated heterocycles. The van der Waals surface area contributed by atoms with E-state index in [1.54, 1.807) is 28.3 Å². The van der Waals surface area contributed by atoms with E-state index in [0.717, 1.165) is 48.6 Å². The Morgan fingerprint density at radius 3 is 2.72 bits per heavy atom. The number of amides is 2. The first-order valence-corrected chi connectivity index (χ1v) is 14.8. The quantitative estimate of drug-likeness (QED) is 0.396. The Bertz CT molecular complexity index is 1540. The summed E-state index contributed by atoms with van der Waals surface area (Å²) in [4.78, 5) is 44.6. The Kier molecular flexibility index (Phi) is 7.78. The molecule has 43 heavy (non-hydrogen) atoms. The summed E-state index contributed by atoms with van der Waals surface area (Å²) in [5.74, 6) is 1.56. The van der Waals surface area contributed by atoms with Crippen molar-refractivity contribution in [3.8, 4) is 22.8 Å². The van der Waals surface area contributed by atoms with Crippen LogP contribution in [0.15, 0.2) is 36.7 Å². The van der Waals surface area contributed by atoms with E-state index in [0.29, 0.717) is 61.7 Å². The van der Waals surface area contributed by atoms with Crippen molar-refractivity contribution >= 4 is 35.0 Å². The van der Waals surface area contributed by atoms with Crippen LogP contribution in [-0.4, -0.2) is 77.8 Å². The van der Waals surface area contributed by atoms with Crippen LogP contribution in [-0.2, 0) is 15.1 Å². The van der Waals surface area contributed by atoms with Crippen molar-refractivity contribution in [1.82, 2.24) is 19.9 Å². The van der Waals surface area contributed by atoms with Gasteiger partial charge in [-0.05, 0) is 51.6 Å². The van der Waals surface area contributed by atoms with Crippen LogP contribution < -0.4 is 24.6 Å². The maximum absolute atomic E-state index is 13.0. The molecule has 3 aromatic rings. The van der Waals surface area contributed by atoms with Gasteiger partial charge in [-0.1, -0.05) is 13.8 Å². The third-order valence-corrected chi connectivity index (χ3v) is 8.05. The second-order valence-electron chi connectivity index (χ2n) is 11.2. The molecular formula is C31H37N7O5. The van der Waals surface area contributed by atoms with Gasteiger partial charge in [-0.15, -0.1) is 0 Å². The topological polar surface area (TPSA) is 122 Å². The average molecular weight is 588 g/mol. The summed E-state index contributed by atoms with van der Waals surface area (Å²) in [6.07, 6.45) is 4.40. The van der Waals surface area contributed by atoms with E-state index in [4.69, 9.17) is 19.2 Å². The second-order valence-corrected chi connectivity index (χ2v) is 11.2. The van der Waals surface area contributed by atoms with Crippen LogP contribution in [0, 0.1) is 0 Å². The van der Waals surface area contributed by atoms with E-state index in [9.17, 15) is 9.59 Å². The molecule has 0 atom stereocenters. The highest BCUT2D eigenvalue weighted by atomic mass is 16.6. The number of hydrogen-bond acceptors (Lipinski definition) is 10. The average Bonchev–Trinajstić information content (AvgIpc) is 3.44. The first-order valence-electron chi connectivity index (χ1n) is 14.8. The van der Waals surface area contributed by atoms with Gasteiger partial charge in [0.25, 0.3) is 0 Å². The molecule has 5 heterocycles. The van der Waals surface area contributed by atoms with Gasteiger partial charge in [0.15, 0.2) is 0 Å². The number of rotatable bonds is 8. The number of carbonyl (C=O) groups is 2. The zero-order chi connectivity index (χ0) is 30.1. The normalized spacial score (nSPS) is 16.6. The fourth-order valence-electron chi connectivity index (χ4n) is 5.69. The highest BCUT2D eigenvalue weighted by Crippen LogP contribution is 2.46. The van der Waals surface area contributed by atoms with Crippen molar-refractivity contribution in [3.05, 3.63) is 42.4 Å². The molecule has 12 heteroatoms. The van der Waals surface area contributed by atoms with Crippen molar-refractivity contribution in [1.29, 1.82) is 0 Å². The number of hydrogen-bond donors (Lipinski definition) is 1. The minimum atomic E-state index is -0.747. The first kappa shape index (κ1) is 28.7. The summed E-state index contributed by atoms with van der Waals surface area (Å²) >= 11 is 0. The molecule has 2 aromatic heterocycles. The molecule has 0 spiro atoms. The van der Waals surface area contributed by atoms with Crippen LogP contribution in [0.5, 0.6) is 11.6 Å². The molecule has 3 aliphatic rings. The lowest BCUT2D eigenvalue weighted by Crippen LogP contribution is -2.39. The molecular weight excluding hydrogens is 550 g/mol. The second kappa shape index (κ2) is 11.7. The number of anilines is 4. The summed E-state index contributed by atoms with van der Waals surface area (Å²) in [5, 5.41) is 3.22. The third-order valence-electron chi connectivity index (χ3n) is 8.05. The number of fused-ring (bicyclic) bond motifs is 4. The molecule has 0 unspecified atom stereocenters. The fraction of sp³-hybridized carbons (Fsp3) is 0.452. The van der Waals surface area contributed by atoms with Gasteiger partial charge in [0.1, 0.15) is 30.3 Å². The van der Waals surface area contributed by atoms with Crippen molar-refractivity contribution in [2.45, 2.75) is 46.1 Å². The molecule has 6 rings (SSSR count). The van der Waals surface area contributed by atoms with Crippen molar-refractivity contribution in [2.75, 3.05) is 61.1 Å². The van der Waals surface area contributed by atoms with Gasteiger partial charge in [-0.2, -0.15) is 0 Å². The number of carbonyl (C=O) groups excluding carboxylic acids is 2. The molecule has 0 radical (unpaired) electrons. The van der Waals surface area contributed by atoms with Crippen LogP contribution in [0.2, 0.25) is 0 Å². The van der Waals surface area contributed by atoms with E-state index in [-0.39, 0.29) is 5.91 Å². The lowest BCUT2D eigenvalue weighted by Gasteiger charge is -2.34. The number of aromatic nitrogens is 3. The highest BCUT2D eigenvalue weighted by Gasteiger charge is 2.36. The van der Waals surface area contributed by atoms with Gasteiger partial charge in [0.05, 0.1) is 24.1 Å². The van der Waals surface area contributed by atoms with Crippen molar-refractivity contribution in [3.63, 3.8) is 0 Å². The number of ether oxygens (including phenoxy) is 3. The van der Waals surface area contributed by atoms with Crippen LogP contribution >= 0.6 is 0 Å². The van der Waals surface area contributed by atoms with Crippen molar-refractivity contribution < 1.29 is 23.8 Å². The molecule has 1 fully saturated rings. The van der Waals surface area contributed by atoms with Gasteiger partial charge in [0.2, 0.25) is 17.7 Å². The molecule has 1 N–H and O–H groups in total. The molecule has 0 aliphatic carbocycles. The van der Waals surface area contributed by atoms with Gasteiger partial charge >= 0.3 is 6.09 Å². The van der Waals surface area contributed by atoms with E-state index >= 15 is 0 Å². The summed E-state index contributed by atoms with van der Waals surface area (Å²) in [6, 6.07) is 7.62. The Morgan fingerprint density at radius 2 is 1.95 bits per heavy atom. The van der Waals surface area contributed by atoms with Crippen LogP contribution in [0.25, 0.3) is 11.1 Å². The minimum absolute atomic E-state index is 0.132. The van der Waals surface area contributed by atoms with Crippen LogP contribution in [0.1, 0.15) is 46.2 Å². The zero-order valence-corrected chi connectivity index (χ0v) is 25.1. The Balaban J connectivity index is 1.22. The Morgan fingerprint density at radius 1 is 1.12 bits per heavy atom. The standard InChI is InChI=1S/C31H37N7O5/c1-5-36(6-2)12-14-42-30(40)38-13-15-41-28-24(38)16-20(18-32-28)34-29-33-19-23-22-10-9-21(37-11-7-8-26(37)39)17-25(22)43-31(3,4)27(23)35-29/h9-10,16-19H,5-8,11-15H2,1-4H3,(H,33,34,35). The van der Waals surface area contributed by atoms with Crippen LogP contribution in [0.4, 0.5) is 27.8 Å². The van der Waals surface area contributed by atoms with E-state index in [2.05, 4.69) is 34.0 Å². The smallest absolute Gasteiger partial charge is 0.414 e. The molecule has 0 bridgehead atoms. The van der Waals surface area contributed by atoms with Crippen LogP contribution in [0.3, 0.4) is 0 Å². The predicted octanol–water partition coefficient (Wildman–Crippen LogP) is 4.71. The van der Waals surface area contributed by atoms with E-state index in [1.807, 2.05) is 32.0 Å². The lowest BCUT2D eigenvalue weighted by molar-refractivity contribution is -0.117. The highest BCUT2D eigenvalue weighted by molar-refractivity contribution is 5.96. The molecule has 1 aromatic carbocycles. The van der Waals surface area contributed by atoms with Gasteiger partial charge in [-0.3, -0.25) is 9.69 Å². The summed E-state index contributed by atoms with van der Waals surface area (Å²) < 4.78 is 17.7. The maximum Gasteiger partial charge on any atom is 0.414 e. The fourth-order valence-corrected chi connectivity index (χ4v) is 5.69. The monoisotopic (exact) mass is 587 g/mol. The summed E-state index contributed by atoms with van der Waals surface area (Å²) in [5.41, 5.74) is 3.68.